The van der Waals surface area contributed by atoms with Gasteiger partial charge in [-0.25, -0.2) is 4.79 Å². The maximum Gasteiger partial charge on any atom is 0.331 e. The maximum atomic E-state index is 12.4. The zero-order valence-corrected chi connectivity index (χ0v) is 15.0. The number of ether oxygens (including phenoxy) is 1. The summed E-state index contributed by atoms with van der Waals surface area (Å²) in [5.74, 6) is -0.0613. The van der Waals surface area contributed by atoms with Crippen LogP contribution in [0, 0.1) is 13.8 Å². The predicted molar refractivity (Wildman–Crippen MR) is 96.5 cm³/mol. The Hall–Kier alpha value is -2.34. The number of nitrogens with one attached hydrogen (secondary N) is 1. The van der Waals surface area contributed by atoms with E-state index in [4.69, 9.17) is 4.74 Å². The summed E-state index contributed by atoms with van der Waals surface area (Å²) in [6.45, 7) is 4.04. The molecule has 2 aromatic rings. The van der Waals surface area contributed by atoms with Gasteiger partial charge in [0.25, 0.3) is 0 Å². The first-order chi connectivity index (χ1) is 11.4. The Morgan fingerprint density at radius 2 is 1.92 bits per heavy atom. The lowest BCUT2D eigenvalue weighted by molar-refractivity contribution is -0.133. The molecule has 3 rings (SSSR count). The van der Waals surface area contributed by atoms with E-state index in [1.54, 1.807) is 11.0 Å². The molecule has 0 radical (unpaired) electrons. The maximum absolute atomic E-state index is 12.4. The smallest absolute Gasteiger partial charge is 0.331 e. The van der Waals surface area contributed by atoms with Crippen LogP contribution in [0.25, 0.3) is 0 Å². The molecule has 0 spiro atoms. The molecule has 1 aliphatic heterocycles. The van der Waals surface area contributed by atoms with E-state index < -0.39 is 0 Å². The molecule has 1 amide bonds. The van der Waals surface area contributed by atoms with Crippen molar-refractivity contribution in [1.29, 1.82) is 0 Å². The molecular weight excluding hydrogens is 372 g/mol. The van der Waals surface area contributed by atoms with Crippen molar-refractivity contribution in [3.8, 4) is 5.75 Å². The van der Waals surface area contributed by atoms with Crippen molar-refractivity contribution < 1.29 is 14.3 Å². The van der Waals surface area contributed by atoms with E-state index in [0.29, 0.717) is 11.4 Å². The molecule has 0 unspecified atom stereocenters. The lowest BCUT2D eigenvalue weighted by Crippen LogP contribution is -2.41. The van der Waals surface area contributed by atoms with Crippen LogP contribution in [0.4, 0.5) is 11.4 Å². The molecule has 5 nitrogen and oxygen atoms in total. The molecule has 0 aromatic heterocycles. The van der Waals surface area contributed by atoms with Crippen molar-refractivity contribution >= 4 is 39.2 Å². The fourth-order valence-corrected chi connectivity index (χ4v) is 3.18. The van der Waals surface area contributed by atoms with Gasteiger partial charge in [-0.1, -0.05) is 12.1 Å². The number of hydrogen-bond acceptors (Lipinski definition) is 4. The Kier molecular flexibility index (Phi) is 4.57. The Balaban J connectivity index is 1.76. The third-order valence-electron chi connectivity index (χ3n) is 3.73. The Morgan fingerprint density at radius 3 is 2.67 bits per heavy atom. The summed E-state index contributed by atoms with van der Waals surface area (Å²) in [5.41, 5.74) is 3.55. The first-order valence-corrected chi connectivity index (χ1v) is 8.34. The van der Waals surface area contributed by atoms with Crippen molar-refractivity contribution in [3.63, 3.8) is 0 Å². The number of hydrogen-bond donors (Lipinski definition) is 1. The Morgan fingerprint density at radius 1 is 1.21 bits per heavy atom. The normalized spacial score (nSPS) is 13.3. The molecule has 0 atom stereocenters. The van der Waals surface area contributed by atoms with Crippen molar-refractivity contribution in [2.45, 2.75) is 13.8 Å². The van der Waals surface area contributed by atoms with Gasteiger partial charge in [-0.3, -0.25) is 4.79 Å². The number of fused-ring (bicyclic) bond motifs is 1. The van der Waals surface area contributed by atoms with Gasteiger partial charge in [0.15, 0.2) is 5.75 Å². The van der Waals surface area contributed by atoms with E-state index in [9.17, 15) is 9.59 Å². The summed E-state index contributed by atoms with van der Waals surface area (Å²) in [5, 5.41) is 2.86. The predicted octanol–water partition coefficient (Wildman–Crippen LogP) is 3.43. The number of carbonyl (C=O) groups is 2. The van der Waals surface area contributed by atoms with Crippen molar-refractivity contribution in [2.75, 3.05) is 23.3 Å². The van der Waals surface area contributed by atoms with Gasteiger partial charge in [-0.15, -0.1) is 0 Å². The number of aryl methyl sites for hydroxylation is 2. The highest BCUT2D eigenvalue weighted by molar-refractivity contribution is 9.10. The minimum absolute atomic E-state index is 0.0541. The zero-order chi connectivity index (χ0) is 17.3. The van der Waals surface area contributed by atoms with E-state index in [1.165, 1.54) is 0 Å². The number of benzene rings is 2. The second kappa shape index (κ2) is 6.65. The van der Waals surface area contributed by atoms with E-state index in [1.807, 2.05) is 44.2 Å². The van der Waals surface area contributed by atoms with Crippen LogP contribution >= 0.6 is 15.9 Å². The Labute approximate surface area is 148 Å². The van der Waals surface area contributed by atoms with Crippen molar-refractivity contribution in [3.05, 3.63) is 52.0 Å². The molecule has 0 bridgehead atoms. The van der Waals surface area contributed by atoms with E-state index in [2.05, 4.69) is 21.2 Å². The van der Waals surface area contributed by atoms with Gasteiger partial charge in [0, 0.05) is 4.47 Å². The number of carbonyl (C=O) groups excluding carboxylic acids is 2. The third kappa shape index (κ3) is 3.59. The number of esters is 1. The molecule has 2 aromatic carbocycles. The highest BCUT2D eigenvalue weighted by Crippen LogP contribution is 2.32. The molecule has 1 heterocycles. The highest BCUT2D eigenvalue weighted by Gasteiger charge is 2.25. The van der Waals surface area contributed by atoms with Gasteiger partial charge in [0.1, 0.15) is 6.54 Å². The SMILES string of the molecule is Cc1ccc(NC(=O)CN2CC(=O)Oc3cc(C)ccc32)c(Br)c1. The van der Waals surface area contributed by atoms with E-state index in [-0.39, 0.29) is 25.0 Å². The van der Waals surface area contributed by atoms with Crippen LogP contribution in [-0.2, 0) is 9.59 Å². The quantitative estimate of drug-likeness (QED) is 0.646. The third-order valence-corrected chi connectivity index (χ3v) is 4.39. The average molecular weight is 389 g/mol. The standard InChI is InChI=1S/C18H17BrN2O3/c1-11-3-5-14(13(19)7-11)20-17(22)9-21-10-18(23)24-16-8-12(2)4-6-15(16)21/h3-8H,9-10H2,1-2H3,(H,20,22). The summed E-state index contributed by atoms with van der Waals surface area (Å²) in [6.07, 6.45) is 0. The molecular formula is C18H17BrN2O3. The monoisotopic (exact) mass is 388 g/mol. The molecule has 1 aliphatic rings. The van der Waals surface area contributed by atoms with E-state index in [0.717, 1.165) is 21.3 Å². The fraction of sp³-hybridized carbons (Fsp3) is 0.222. The summed E-state index contributed by atoms with van der Waals surface area (Å²) in [4.78, 5) is 25.9. The highest BCUT2D eigenvalue weighted by atomic mass is 79.9. The molecule has 0 saturated carbocycles. The first-order valence-electron chi connectivity index (χ1n) is 7.54. The minimum Gasteiger partial charge on any atom is -0.423 e. The van der Waals surface area contributed by atoms with Crippen LogP contribution in [-0.4, -0.2) is 25.0 Å². The van der Waals surface area contributed by atoms with Gasteiger partial charge in [0.05, 0.1) is 17.9 Å². The number of amides is 1. The molecule has 0 fully saturated rings. The van der Waals surface area contributed by atoms with Crippen LogP contribution in [0.15, 0.2) is 40.9 Å². The van der Waals surface area contributed by atoms with Crippen molar-refractivity contribution in [1.82, 2.24) is 0 Å². The van der Waals surface area contributed by atoms with Gasteiger partial charge < -0.3 is 15.0 Å². The number of rotatable bonds is 3. The summed E-state index contributed by atoms with van der Waals surface area (Å²) >= 11 is 3.44. The molecule has 6 heteroatoms. The topological polar surface area (TPSA) is 58.6 Å². The number of anilines is 2. The second-order valence-electron chi connectivity index (χ2n) is 5.83. The molecule has 124 valence electrons. The zero-order valence-electron chi connectivity index (χ0n) is 13.4. The van der Waals surface area contributed by atoms with Crippen LogP contribution in [0.3, 0.4) is 0 Å². The van der Waals surface area contributed by atoms with E-state index >= 15 is 0 Å². The number of nitrogens with zero attached hydrogens (tertiary/aromatic N) is 1. The van der Waals surface area contributed by atoms with Crippen LogP contribution in [0.2, 0.25) is 0 Å². The Bertz CT molecular complexity index is 820. The lowest BCUT2D eigenvalue weighted by Gasteiger charge is -2.29. The number of halogens is 1. The molecule has 1 N–H and O–H groups in total. The van der Waals surface area contributed by atoms with Crippen LogP contribution in [0.1, 0.15) is 11.1 Å². The summed E-state index contributed by atoms with van der Waals surface area (Å²) in [6, 6.07) is 11.3. The van der Waals surface area contributed by atoms with Gasteiger partial charge in [-0.05, 0) is 65.2 Å². The first kappa shape index (κ1) is 16.5. The molecule has 0 aliphatic carbocycles. The average Bonchev–Trinajstić information content (AvgIpc) is 2.49. The van der Waals surface area contributed by atoms with Crippen LogP contribution < -0.4 is 15.0 Å². The largest absolute Gasteiger partial charge is 0.423 e. The molecule has 24 heavy (non-hydrogen) atoms. The van der Waals surface area contributed by atoms with Crippen LogP contribution in [0.5, 0.6) is 5.75 Å². The fourth-order valence-electron chi connectivity index (χ4n) is 2.59. The molecule has 0 saturated heterocycles. The lowest BCUT2D eigenvalue weighted by atomic mass is 10.1. The van der Waals surface area contributed by atoms with Gasteiger partial charge >= 0.3 is 5.97 Å². The van der Waals surface area contributed by atoms with Gasteiger partial charge in [-0.2, -0.15) is 0 Å². The summed E-state index contributed by atoms with van der Waals surface area (Å²) in [7, 11) is 0. The minimum atomic E-state index is -0.364. The van der Waals surface area contributed by atoms with Crippen molar-refractivity contribution in [2.24, 2.45) is 0 Å². The van der Waals surface area contributed by atoms with Gasteiger partial charge in [0.2, 0.25) is 5.91 Å². The summed E-state index contributed by atoms with van der Waals surface area (Å²) < 4.78 is 6.08. The second-order valence-corrected chi connectivity index (χ2v) is 6.69.